The van der Waals surface area contributed by atoms with Gasteiger partial charge < -0.3 is 0 Å². The number of carbonyl (C=O) groups is 1. The number of hydrogen-bond donors (Lipinski definition) is 0. The van der Waals surface area contributed by atoms with Crippen LogP contribution in [-0.4, -0.2) is 51.0 Å². The highest BCUT2D eigenvalue weighted by atomic mass is 32.2. The summed E-state index contributed by atoms with van der Waals surface area (Å²) in [5, 5.41) is 0. The standard InChI is InChI=1S/C23H30N2O5S2/c1-5-25(22(26)18-11-13-19(14-12-18)23(2,3)4)32(29,30)21-10-8-9-20(17-21)31(27,28)24-15-6-7-16-24/h8-14,17H,5-7,15-16H2,1-4H3. The van der Waals surface area contributed by atoms with E-state index in [9.17, 15) is 21.6 Å². The highest BCUT2D eigenvalue weighted by Gasteiger charge is 2.32. The van der Waals surface area contributed by atoms with Crippen LogP contribution < -0.4 is 0 Å². The van der Waals surface area contributed by atoms with E-state index in [0.717, 1.165) is 28.8 Å². The number of sulfonamides is 2. The molecule has 1 saturated heterocycles. The number of carbonyl (C=O) groups excluding carboxylic acids is 1. The average Bonchev–Trinajstić information content (AvgIpc) is 3.29. The Morgan fingerprint density at radius 1 is 0.938 bits per heavy atom. The zero-order chi connectivity index (χ0) is 23.7. The van der Waals surface area contributed by atoms with Crippen molar-refractivity contribution in [3.05, 3.63) is 59.7 Å². The maximum Gasteiger partial charge on any atom is 0.267 e. The first-order valence-corrected chi connectivity index (χ1v) is 13.5. The molecule has 0 bridgehead atoms. The second kappa shape index (κ2) is 8.96. The molecule has 2 aromatic rings. The lowest BCUT2D eigenvalue weighted by atomic mass is 9.87. The first-order valence-electron chi connectivity index (χ1n) is 10.7. The third-order valence-corrected chi connectivity index (χ3v) is 9.36. The second-order valence-electron chi connectivity index (χ2n) is 8.89. The Kier molecular flexibility index (Phi) is 6.83. The Balaban J connectivity index is 1.94. The molecule has 1 amide bonds. The molecule has 0 N–H and O–H groups in total. The van der Waals surface area contributed by atoms with Gasteiger partial charge in [-0.2, -0.15) is 4.31 Å². The molecule has 0 radical (unpaired) electrons. The second-order valence-corrected chi connectivity index (χ2v) is 12.7. The van der Waals surface area contributed by atoms with Gasteiger partial charge in [-0.3, -0.25) is 4.79 Å². The predicted molar refractivity (Wildman–Crippen MR) is 123 cm³/mol. The number of benzene rings is 2. The summed E-state index contributed by atoms with van der Waals surface area (Å²) < 4.78 is 54.5. The smallest absolute Gasteiger partial charge is 0.267 e. The molecular formula is C23H30N2O5S2. The van der Waals surface area contributed by atoms with Gasteiger partial charge >= 0.3 is 0 Å². The van der Waals surface area contributed by atoms with Crippen LogP contribution in [-0.2, 0) is 25.5 Å². The fourth-order valence-corrected chi connectivity index (χ4v) is 6.76. The lowest BCUT2D eigenvalue weighted by Gasteiger charge is -2.23. The molecule has 2 aromatic carbocycles. The molecule has 0 aromatic heterocycles. The molecule has 0 aliphatic carbocycles. The largest absolute Gasteiger partial charge is 0.268 e. The van der Waals surface area contributed by atoms with Crippen molar-refractivity contribution in [3.63, 3.8) is 0 Å². The van der Waals surface area contributed by atoms with Gasteiger partial charge in [-0.15, -0.1) is 0 Å². The quantitative estimate of drug-likeness (QED) is 0.632. The summed E-state index contributed by atoms with van der Waals surface area (Å²) in [5.41, 5.74) is 1.18. The maximum absolute atomic E-state index is 13.3. The molecule has 0 spiro atoms. The minimum Gasteiger partial charge on any atom is -0.268 e. The minimum absolute atomic E-state index is 0.0781. The third kappa shape index (κ3) is 4.74. The molecule has 0 saturated carbocycles. The Morgan fingerprint density at radius 2 is 1.50 bits per heavy atom. The van der Waals surface area contributed by atoms with Crippen molar-refractivity contribution in [1.29, 1.82) is 0 Å². The zero-order valence-corrected chi connectivity index (χ0v) is 20.5. The summed E-state index contributed by atoms with van der Waals surface area (Å²) in [6.45, 7) is 8.49. The number of amides is 1. The van der Waals surface area contributed by atoms with Gasteiger partial charge in [-0.25, -0.2) is 21.1 Å². The normalized spacial score (nSPS) is 15.6. The van der Waals surface area contributed by atoms with E-state index >= 15 is 0 Å². The Hall–Kier alpha value is -2.23. The third-order valence-electron chi connectivity index (χ3n) is 5.61. The summed E-state index contributed by atoms with van der Waals surface area (Å²) in [7, 11) is -8.02. The van der Waals surface area contributed by atoms with E-state index in [4.69, 9.17) is 0 Å². The van der Waals surface area contributed by atoms with E-state index in [1.54, 1.807) is 19.1 Å². The molecule has 32 heavy (non-hydrogen) atoms. The Labute approximate surface area is 191 Å². The van der Waals surface area contributed by atoms with Gasteiger partial charge in [-0.1, -0.05) is 39.0 Å². The molecule has 9 heteroatoms. The lowest BCUT2D eigenvalue weighted by molar-refractivity contribution is 0.0866. The Bertz CT molecular complexity index is 1190. The topological polar surface area (TPSA) is 91.8 Å². The summed E-state index contributed by atoms with van der Waals surface area (Å²) in [4.78, 5) is 12.8. The monoisotopic (exact) mass is 478 g/mol. The SMILES string of the molecule is CCN(C(=O)c1ccc(C(C)(C)C)cc1)S(=O)(=O)c1cccc(S(=O)(=O)N2CCCC2)c1. The average molecular weight is 479 g/mol. The van der Waals surface area contributed by atoms with Gasteiger partial charge in [0.2, 0.25) is 10.0 Å². The molecule has 174 valence electrons. The fraction of sp³-hybridized carbons (Fsp3) is 0.435. The Morgan fingerprint density at radius 3 is 2.03 bits per heavy atom. The van der Waals surface area contributed by atoms with Crippen molar-refractivity contribution in [3.8, 4) is 0 Å². The van der Waals surface area contributed by atoms with Crippen molar-refractivity contribution in [2.45, 2.75) is 55.7 Å². The zero-order valence-electron chi connectivity index (χ0n) is 18.9. The van der Waals surface area contributed by atoms with Crippen LogP contribution in [0.4, 0.5) is 0 Å². The van der Waals surface area contributed by atoms with Gasteiger partial charge in [0.25, 0.3) is 15.9 Å². The first-order chi connectivity index (χ1) is 14.9. The molecule has 0 unspecified atom stereocenters. The van der Waals surface area contributed by atoms with Crippen molar-refractivity contribution in [2.75, 3.05) is 19.6 Å². The number of hydrogen-bond acceptors (Lipinski definition) is 5. The lowest BCUT2D eigenvalue weighted by Crippen LogP contribution is -2.37. The van der Waals surface area contributed by atoms with Crippen molar-refractivity contribution >= 4 is 26.0 Å². The molecule has 1 aliphatic heterocycles. The minimum atomic E-state index is -4.24. The first kappa shape index (κ1) is 24.4. The molecule has 1 aliphatic rings. The van der Waals surface area contributed by atoms with Crippen molar-refractivity contribution in [1.82, 2.24) is 8.61 Å². The van der Waals surface area contributed by atoms with E-state index in [0.29, 0.717) is 13.1 Å². The van der Waals surface area contributed by atoms with Gasteiger partial charge in [0.15, 0.2) is 0 Å². The highest BCUT2D eigenvalue weighted by Crippen LogP contribution is 2.26. The summed E-state index contributed by atoms with van der Waals surface area (Å²) in [6, 6.07) is 12.1. The summed E-state index contributed by atoms with van der Waals surface area (Å²) >= 11 is 0. The summed E-state index contributed by atoms with van der Waals surface area (Å²) in [5.74, 6) is -0.652. The van der Waals surface area contributed by atoms with E-state index < -0.39 is 26.0 Å². The molecule has 1 heterocycles. The van der Waals surface area contributed by atoms with Gasteiger partial charge in [-0.05, 0) is 61.1 Å². The van der Waals surface area contributed by atoms with Crippen molar-refractivity contribution in [2.24, 2.45) is 0 Å². The molecule has 3 rings (SSSR count). The van der Waals surface area contributed by atoms with Gasteiger partial charge in [0, 0.05) is 25.2 Å². The molecule has 1 fully saturated rings. The van der Waals surface area contributed by atoms with Crippen LogP contribution >= 0.6 is 0 Å². The van der Waals surface area contributed by atoms with Gasteiger partial charge in [0.1, 0.15) is 0 Å². The van der Waals surface area contributed by atoms with E-state index in [2.05, 4.69) is 20.8 Å². The molecule has 0 atom stereocenters. The van der Waals surface area contributed by atoms with Crippen LogP contribution in [0.25, 0.3) is 0 Å². The van der Waals surface area contributed by atoms with E-state index in [-0.39, 0.29) is 27.3 Å². The van der Waals surface area contributed by atoms with Gasteiger partial charge in [0.05, 0.1) is 9.79 Å². The van der Waals surface area contributed by atoms with Crippen LogP contribution in [0.5, 0.6) is 0 Å². The van der Waals surface area contributed by atoms with Crippen LogP contribution in [0, 0.1) is 0 Å². The number of nitrogens with zero attached hydrogens (tertiary/aromatic N) is 2. The maximum atomic E-state index is 13.3. The fourth-order valence-electron chi connectivity index (χ4n) is 3.68. The van der Waals surface area contributed by atoms with E-state index in [1.807, 2.05) is 12.1 Å². The van der Waals surface area contributed by atoms with Crippen molar-refractivity contribution < 1.29 is 21.6 Å². The van der Waals surface area contributed by atoms with Crippen LogP contribution in [0.3, 0.4) is 0 Å². The number of rotatable bonds is 6. The van der Waals surface area contributed by atoms with Crippen LogP contribution in [0.15, 0.2) is 58.3 Å². The van der Waals surface area contributed by atoms with Crippen LogP contribution in [0.1, 0.15) is 56.5 Å². The summed E-state index contributed by atoms with van der Waals surface area (Å²) in [6.07, 6.45) is 1.56. The van der Waals surface area contributed by atoms with Crippen LogP contribution in [0.2, 0.25) is 0 Å². The predicted octanol–water partition coefficient (Wildman–Crippen LogP) is 3.62. The molecular weight excluding hydrogens is 448 g/mol. The van der Waals surface area contributed by atoms with E-state index in [1.165, 1.54) is 22.5 Å². The highest BCUT2D eigenvalue weighted by molar-refractivity contribution is 7.90. The molecule has 7 nitrogen and oxygen atoms in total.